The van der Waals surface area contributed by atoms with E-state index >= 15 is 0 Å². The van der Waals surface area contributed by atoms with E-state index in [1.165, 1.54) is 53.7 Å². The standard InChI is InChI=1S/C35H23NS/c1-3-13-24(14-4-1)26-17-7-8-18-27(26)34-28-19-9-10-20-29(28)35(37-34)33-30-21-11-12-22-32(30)36-23-31(33)25-15-5-2-6-16-25/h1-23H. The Hall–Kier alpha value is -4.53. The molecule has 0 aliphatic rings. The maximum absolute atomic E-state index is 4.85. The Bertz CT molecular complexity index is 1870. The molecular formula is C35H23NS. The fourth-order valence-corrected chi connectivity index (χ4v) is 6.64. The minimum Gasteiger partial charge on any atom is -0.256 e. The SMILES string of the molecule is c1ccc(-c2ccccc2-c2sc(-c3c(-c4ccccc4)cnc4ccccc34)c3ccccc23)cc1. The number of hydrogen-bond donors (Lipinski definition) is 0. The molecule has 2 heterocycles. The smallest absolute Gasteiger partial charge is 0.0708 e. The summed E-state index contributed by atoms with van der Waals surface area (Å²) >= 11 is 1.88. The largest absolute Gasteiger partial charge is 0.256 e. The molecule has 0 N–H and O–H groups in total. The molecule has 0 bridgehead atoms. The van der Waals surface area contributed by atoms with Gasteiger partial charge in [0.05, 0.1) is 5.52 Å². The summed E-state index contributed by atoms with van der Waals surface area (Å²) < 4.78 is 0. The molecule has 0 saturated carbocycles. The average Bonchev–Trinajstić information content (AvgIpc) is 3.36. The first-order chi connectivity index (χ1) is 18.4. The van der Waals surface area contributed by atoms with Gasteiger partial charge >= 0.3 is 0 Å². The number of rotatable bonds is 4. The Morgan fingerprint density at radius 1 is 0.405 bits per heavy atom. The van der Waals surface area contributed by atoms with Crippen LogP contribution in [-0.4, -0.2) is 4.98 Å². The van der Waals surface area contributed by atoms with Crippen LogP contribution in [0.4, 0.5) is 0 Å². The van der Waals surface area contributed by atoms with E-state index in [9.17, 15) is 0 Å². The lowest BCUT2D eigenvalue weighted by atomic mass is 9.94. The molecule has 174 valence electrons. The van der Waals surface area contributed by atoms with Crippen molar-refractivity contribution in [3.63, 3.8) is 0 Å². The molecule has 0 unspecified atom stereocenters. The van der Waals surface area contributed by atoms with Crippen LogP contribution in [-0.2, 0) is 0 Å². The molecule has 0 amide bonds. The minimum absolute atomic E-state index is 1.01. The first-order valence-electron chi connectivity index (χ1n) is 12.5. The van der Waals surface area contributed by atoms with Crippen molar-refractivity contribution in [2.75, 3.05) is 0 Å². The van der Waals surface area contributed by atoms with Gasteiger partial charge in [0.15, 0.2) is 0 Å². The second-order valence-corrected chi connectivity index (χ2v) is 10.2. The van der Waals surface area contributed by atoms with Gasteiger partial charge in [0.2, 0.25) is 0 Å². The zero-order chi connectivity index (χ0) is 24.6. The van der Waals surface area contributed by atoms with Crippen molar-refractivity contribution in [3.8, 4) is 43.1 Å². The summed E-state index contributed by atoms with van der Waals surface area (Å²) in [7, 11) is 0. The van der Waals surface area contributed by atoms with E-state index in [1.54, 1.807) is 0 Å². The van der Waals surface area contributed by atoms with E-state index in [1.807, 2.05) is 17.5 Å². The van der Waals surface area contributed by atoms with Crippen molar-refractivity contribution in [3.05, 3.63) is 140 Å². The quantitative estimate of drug-likeness (QED) is 0.240. The van der Waals surface area contributed by atoms with Crippen LogP contribution in [0.25, 0.3) is 64.8 Å². The first kappa shape index (κ1) is 21.7. The number of para-hydroxylation sites is 1. The second-order valence-electron chi connectivity index (χ2n) is 9.15. The highest BCUT2D eigenvalue weighted by Crippen LogP contribution is 2.50. The molecule has 5 aromatic carbocycles. The van der Waals surface area contributed by atoms with Crippen LogP contribution in [0.5, 0.6) is 0 Å². The third kappa shape index (κ3) is 3.74. The molecule has 0 saturated heterocycles. The number of fused-ring (bicyclic) bond motifs is 2. The van der Waals surface area contributed by atoms with Crippen molar-refractivity contribution in [1.82, 2.24) is 4.98 Å². The molecule has 7 rings (SSSR count). The third-order valence-corrected chi connectivity index (χ3v) is 8.24. The topological polar surface area (TPSA) is 12.9 Å². The highest BCUT2D eigenvalue weighted by molar-refractivity contribution is 7.21. The van der Waals surface area contributed by atoms with Gasteiger partial charge < -0.3 is 0 Å². The van der Waals surface area contributed by atoms with Gasteiger partial charge in [-0.1, -0.05) is 127 Å². The highest BCUT2D eigenvalue weighted by atomic mass is 32.1. The maximum Gasteiger partial charge on any atom is 0.0708 e. The molecule has 0 aliphatic heterocycles. The maximum atomic E-state index is 4.85. The molecule has 2 aromatic heterocycles. The number of aromatic nitrogens is 1. The van der Waals surface area contributed by atoms with Crippen molar-refractivity contribution in [2.45, 2.75) is 0 Å². The molecule has 7 aromatic rings. The summed E-state index contributed by atoms with van der Waals surface area (Å²) in [5, 5.41) is 3.74. The number of thiophene rings is 1. The van der Waals surface area contributed by atoms with Crippen molar-refractivity contribution in [2.24, 2.45) is 0 Å². The van der Waals surface area contributed by atoms with Crippen LogP contribution in [0, 0.1) is 0 Å². The van der Waals surface area contributed by atoms with Gasteiger partial charge in [0, 0.05) is 48.8 Å². The van der Waals surface area contributed by atoms with Crippen molar-refractivity contribution < 1.29 is 0 Å². The van der Waals surface area contributed by atoms with Crippen LogP contribution in [0.2, 0.25) is 0 Å². The summed E-state index contributed by atoms with van der Waals surface area (Å²) in [6.45, 7) is 0. The van der Waals surface area contributed by atoms with Gasteiger partial charge in [-0.2, -0.15) is 0 Å². The van der Waals surface area contributed by atoms with E-state index in [0.29, 0.717) is 0 Å². The predicted octanol–water partition coefficient (Wildman–Crippen LogP) is 10.1. The molecule has 0 fully saturated rings. The fraction of sp³-hybridized carbons (Fsp3) is 0. The van der Waals surface area contributed by atoms with Gasteiger partial charge in [-0.05, 0) is 22.8 Å². The number of pyridine rings is 1. The number of nitrogens with zero attached hydrogens (tertiary/aromatic N) is 1. The predicted molar refractivity (Wildman–Crippen MR) is 159 cm³/mol. The van der Waals surface area contributed by atoms with Crippen molar-refractivity contribution >= 4 is 33.0 Å². The van der Waals surface area contributed by atoms with Crippen LogP contribution >= 0.6 is 11.3 Å². The molecule has 0 radical (unpaired) electrons. The summed E-state index contributed by atoms with van der Waals surface area (Å²) in [5.74, 6) is 0. The van der Waals surface area contributed by atoms with Crippen LogP contribution in [0.15, 0.2) is 140 Å². The third-order valence-electron chi connectivity index (χ3n) is 6.96. The zero-order valence-corrected chi connectivity index (χ0v) is 21.0. The number of benzene rings is 5. The molecule has 37 heavy (non-hydrogen) atoms. The Morgan fingerprint density at radius 3 is 1.62 bits per heavy atom. The average molecular weight is 490 g/mol. The number of hydrogen-bond acceptors (Lipinski definition) is 2. The highest BCUT2D eigenvalue weighted by Gasteiger charge is 2.21. The van der Waals surface area contributed by atoms with E-state index < -0.39 is 0 Å². The second kappa shape index (κ2) is 9.16. The Kier molecular flexibility index (Phi) is 5.38. The molecule has 0 spiro atoms. The first-order valence-corrected chi connectivity index (χ1v) is 13.3. The van der Waals surface area contributed by atoms with Gasteiger partial charge in [-0.3, -0.25) is 4.98 Å². The van der Waals surface area contributed by atoms with Gasteiger partial charge in [0.25, 0.3) is 0 Å². The fourth-order valence-electron chi connectivity index (χ4n) is 5.25. The van der Waals surface area contributed by atoms with E-state index in [4.69, 9.17) is 4.98 Å². The summed E-state index contributed by atoms with van der Waals surface area (Å²) in [5.41, 5.74) is 8.36. The van der Waals surface area contributed by atoms with Crippen LogP contribution in [0.3, 0.4) is 0 Å². The Labute approximate surface area is 220 Å². The van der Waals surface area contributed by atoms with E-state index in [-0.39, 0.29) is 0 Å². The van der Waals surface area contributed by atoms with Crippen LogP contribution < -0.4 is 0 Å². The lowest BCUT2D eigenvalue weighted by Gasteiger charge is -2.12. The van der Waals surface area contributed by atoms with Gasteiger partial charge in [-0.25, -0.2) is 0 Å². The lowest BCUT2D eigenvalue weighted by Crippen LogP contribution is -1.89. The molecule has 2 heteroatoms. The van der Waals surface area contributed by atoms with Crippen LogP contribution in [0.1, 0.15) is 0 Å². The molecule has 0 aliphatic carbocycles. The molecule has 1 nitrogen and oxygen atoms in total. The van der Waals surface area contributed by atoms with Gasteiger partial charge in [0.1, 0.15) is 0 Å². The monoisotopic (exact) mass is 489 g/mol. The minimum atomic E-state index is 1.01. The summed E-state index contributed by atoms with van der Waals surface area (Å²) in [6.07, 6.45) is 2.04. The Balaban J connectivity index is 1.56. The van der Waals surface area contributed by atoms with E-state index in [2.05, 4.69) is 133 Å². The summed E-state index contributed by atoms with van der Waals surface area (Å²) in [6, 6.07) is 47.4. The Morgan fingerprint density at radius 2 is 0.919 bits per heavy atom. The van der Waals surface area contributed by atoms with Crippen molar-refractivity contribution in [1.29, 1.82) is 0 Å². The zero-order valence-electron chi connectivity index (χ0n) is 20.1. The molecule has 0 atom stereocenters. The lowest BCUT2D eigenvalue weighted by molar-refractivity contribution is 1.41. The summed E-state index contributed by atoms with van der Waals surface area (Å²) in [4.78, 5) is 7.43. The van der Waals surface area contributed by atoms with E-state index in [0.717, 1.165) is 11.1 Å². The molecular weight excluding hydrogens is 466 g/mol. The normalized spacial score (nSPS) is 11.2. The van der Waals surface area contributed by atoms with Gasteiger partial charge in [-0.15, -0.1) is 11.3 Å².